The van der Waals surface area contributed by atoms with E-state index in [0.717, 1.165) is 5.06 Å². The number of hydrogen-bond acceptors (Lipinski definition) is 4. The summed E-state index contributed by atoms with van der Waals surface area (Å²) in [5.74, 6) is -2.17. The molecule has 1 aliphatic rings. The fraction of sp³-hybridized carbons (Fsp3) is 0.889. The Morgan fingerprint density at radius 2 is 1.81 bits per heavy atom. The third kappa shape index (κ3) is 3.34. The first-order valence-corrected chi connectivity index (χ1v) is 4.86. The molecule has 0 N–H and O–H groups in total. The maximum Gasteiger partial charge on any atom is 0.492 e. The van der Waals surface area contributed by atoms with Gasteiger partial charge in [-0.25, -0.2) is 4.79 Å². The topological polar surface area (TPSA) is 38.8 Å². The summed E-state index contributed by atoms with van der Waals surface area (Å²) in [5, 5.41) is 1.02. The van der Waals surface area contributed by atoms with Crippen molar-refractivity contribution in [1.82, 2.24) is 5.06 Å². The van der Waals surface area contributed by atoms with Gasteiger partial charge in [-0.15, -0.1) is 5.06 Å². The van der Waals surface area contributed by atoms with Crippen LogP contribution in [0.4, 0.5) is 13.2 Å². The molecule has 4 nitrogen and oxygen atoms in total. The van der Waals surface area contributed by atoms with Crippen LogP contribution in [-0.4, -0.2) is 43.0 Å². The van der Waals surface area contributed by atoms with Gasteiger partial charge in [-0.2, -0.15) is 13.2 Å². The maximum absolute atomic E-state index is 11.9. The standard InChI is InChI=1S/C9H14F3NO3/c1-8(15-2)3-5-13(6-4-8)16-7(14)9(10,11)12/h3-6H2,1-2H3. The second-order valence-corrected chi connectivity index (χ2v) is 3.96. The lowest BCUT2D eigenvalue weighted by Gasteiger charge is -2.37. The molecule has 1 fully saturated rings. The Morgan fingerprint density at radius 1 is 1.31 bits per heavy atom. The van der Waals surface area contributed by atoms with Crippen LogP contribution in [0.2, 0.25) is 0 Å². The van der Waals surface area contributed by atoms with Crippen LogP contribution < -0.4 is 0 Å². The van der Waals surface area contributed by atoms with Crippen LogP contribution in [0.25, 0.3) is 0 Å². The number of nitrogens with zero attached hydrogens (tertiary/aromatic N) is 1. The molecule has 0 radical (unpaired) electrons. The van der Waals surface area contributed by atoms with Gasteiger partial charge >= 0.3 is 12.1 Å². The fourth-order valence-electron chi connectivity index (χ4n) is 1.42. The van der Waals surface area contributed by atoms with Gasteiger partial charge < -0.3 is 9.57 Å². The number of piperidine rings is 1. The molecule has 7 heteroatoms. The molecule has 0 aromatic rings. The van der Waals surface area contributed by atoms with E-state index in [0.29, 0.717) is 12.8 Å². The molecule has 1 rings (SSSR count). The Morgan fingerprint density at radius 3 is 2.19 bits per heavy atom. The Hall–Kier alpha value is -0.820. The first-order chi connectivity index (χ1) is 7.27. The van der Waals surface area contributed by atoms with Gasteiger partial charge in [0.15, 0.2) is 0 Å². The normalized spacial score (nSPS) is 21.8. The minimum Gasteiger partial charge on any atom is -0.378 e. The van der Waals surface area contributed by atoms with Crippen LogP contribution in [0.1, 0.15) is 19.8 Å². The summed E-state index contributed by atoms with van der Waals surface area (Å²) in [6, 6.07) is 0. The number of ether oxygens (including phenoxy) is 1. The van der Waals surface area contributed by atoms with Crippen LogP contribution in [0.3, 0.4) is 0 Å². The molecule has 0 saturated carbocycles. The second-order valence-electron chi connectivity index (χ2n) is 3.96. The average Bonchev–Trinajstić information content (AvgIpc) is 2.20. The highest BCUT2D eigenvalue weighted by molar-refractivity contribution is 5.75. The van der Waals surface area contributed by atoms with Gasteiger partial charge in [0.1, 0.15) is 0 Å². The van der Waals surface area contributed by atoms with Crippen molar-refractivity contribution in [3.05, 3.63) is 0 Å². The molecule has 0 aromatic carbocycles. The predicted octanol–water partition coefficient (Wildman–Crippen LogP) is 1.51. The molecule has 0 amide bonds. The summed E-state index contributed by atoms with van der Waals surface area (Å²) in [4.78, 5) is 14.8. The molecule has 1 aliphatic heterocycles. The van der Waals surface area contributed by atoms with E-state index in [1.54, 1.807) is 7.11 Å². The zero-order valence-corrected chi connectivity index (χ0v) is 9.13. The van der Waals surface area contributed by atoms with Gasteiger partial charge in [0.05, 0.1) is 5.60 Å². The van der Waals surface area contributed by atoms with Crippen LogP contribution in [0.15, 0.2) is 0 Å². The monoisotopic (exact) mass is 241 g/mol. The van der Waals surface area contributed by atoms with E-state index in [4.69, 9.17) is 4.74 Å². The first kappa shape index (κ1) is 13.2. The highest BCUT2D eigenvalue weighted by Gasteiger charge is 2.43. The van der Waals surface area contributed by atoms with Crippen LogP contribution in [-0.2, 0) is 14.4 Å². The lowest BCUT2D eigenvalue weighted by Crippen LogP contribution is -2.45. The van der Waals surface area contributed by atoms with Gasteiger partial charge in [0, 0.05) is 20.2 Å². The quantitative estimate of drug-likeness (QED) is 0.734. The third-order valence-electron chi connectivity index (χ3n) is 2.72. The van der Waals surface area contributed by atoms with Crippen LogP contribution in [0, 0.1) is 0 Å². The minimum atomic E-state index is -4.94. The van der Waals surface area contributed by atoms with Crippen molar-refractivity contribution < 1.29 is 27.5 Å². The second kappa shape index (κ2) is 4.58. The number of halogens is 3. The number of rotatable bonds is 2. The predicted molar refractivity (Wildman–Crippen MR) is 48.4 cm³/mol. The summed E-state index contributed by atoms with van der Waals surface area (Å²) < 4.78 is 40.9. The molecule has 0 aromatic heterocycles. The average molecular weight is 241 g/mol. The summed E-state index contributed by atoms with van der Waals surface area (Å²) in [7, 11) is 1.55. The molecule has 1 saturated heterocycles. The van der Waals surface area contributed by atoms with Gasteiger partial charge in [-0.3, -0.25) is 0 Å². The molecular formula is C9H14F3NO3. The van der Waals surface area contributed by atoms with E-state index >= 15 is 0 Å². The van der Waals surface area contributed by atoms with Gasteiger partial charge in [-0.1, -0.05) is 0 Å². The lowest BCUT2D eigenvalue weighted by atomic mass is 9.94. The van der Waals surface area contributed by atoms with E-state index in [2.05, 4.69) is 4.84 Å². The van der Waals surface area contributed by atoms with Crippen molar-refractivity contribution in [2.45, 2.75) is 31.5 Å². The fourth-order valence-corrected chi connectivity index (χ4v) is 1.42. The van der Waals surface area contributed by atoms with E-state index < -0.39 is 12.1 Å². The lowest BCUT2D eigenvalue weighted by molar-refractivity contribution is -0.247. The number of carbonyl (C=O) groups is 1. The van der Waals surface area contributed by atoms with Crippen molar-refractivity contribution >= 4 is 5.97 Å². The Bertz CT molecular complexity index is 259. The van der Waals surface area contributed by atoms with Crippen LogP contribution >= 0.6 is 0 Å². The SMILES string of the molecule is COC1(C)CCN(OC(=O)C(F)(F)F)CC1. The van der Waals surface area contributed by atoms with Crippen LogP contribution in [0.5, 0.6) is 0 Å². The minimum absolute atomic E-state index is 0.242. The number of methoxy groups -OCH3 is 1. The summed E-state index contributed by atoms with van der Waals surface area (Å²) in [5.41, 5.74) is -0.346. The summed E-state index contributed by atoms with van der Waals surface area (Å²) in [6.45, 7) is 2.36. The van der Waals surface area contributed by atoms with E-state index in [9.17, 15) is 18.0 Å². The molecule has 94 valence electrons. The summed E-state index contributed by atoms with van der Waals surface area (Å²) >= 11 is 0. The molecule has 0 bridgehead atoms. The van der Waals surface area contributed by atoms with Gasteiger partial charge in [-0.05, 0) is 19.8 Å². The number of hydroxylamine groups is 2. The molecule has 0 aliphatic carbocycles. The molecule has 16 heavy (non-hydrogen) atoms. The van der Waals surface area contributed by atoms with Crippen molar-refractivity contribution in [3.63, 3.8) is 0 Å². The Balaban J connectivity index is 2.41. The molecular weight excluding hydrogens is 227 g/mol. The molecule has 0 atom stereocenters. The largest absolute Gasteiger partial charge is 0.492 e. The summed E-state index contributed by atoms with van der Waals surface area (Å²) in [6.07, 6.45) is -3.90. The Labute approximate surface area is 91.3 Å². The van der Waals surface area contributed by atoms with Crippen molar-refractivity contribution in [2.24, 2.45) is 0 Å². The molecule has 1 heterocycles. The number of carbonyl (C=O) groups excluding carboxylic acids is 1. The zero-order chi connectivity index (χ0) is 12.4. The third-order valence-corrected chi connectivity index (χ3v) is 2.72. The highest BCUT2D eigenvalue weighted by atomic mass is 19.4. The highest BCUT2D eigenvalue weighted by Crippen LogP contribution is 2.26. The number of alkyl halides is 3. The molecule has 0 unspecified atom stereocenters. The van der Waals surface area contributed by atoms with Crippen molar-refractivity contribution in [2.75, 3.05) is 20.2 Å². The van der Waals surface area contributed by atoms with Gasteiger partial charge in [0.2, 0.25) is 0 Å². The van der Waals surface area contributed by atoms with Crippen molar-refractivity contribution in [1.29, 1.82) is 0 Å². The van der Waals surface area contributed by atoms with Gasteiger partial charge in [0.25, 0.3) is 0 Å². The zero-order valence-electron chi connectivity index (χ0n) is 9.13. The number of hydrogen-bond donors (Lipinski definition) is 0. The maximum atomic E-state index is 11.9. The van der Waals surface area contributed by atoms with E-state index in [1.165, 1.54) is 0 Å². The van der Waals surface area contributed by atoms with E-state index in [-0.39, 0.29) is 18.7 Å². The smallest absolute Gasteiger partial charge is 0.378 e. The first-order valence-electron chi connectivity index (χ1n) is 4.86. The van der Waals surface area contributed by atoms with Crippen molar-refractivity contribution in [3.8, 4) is 0 Å². The molecule has 0 spiro atoms. The Kier molecular flexibility index (Phi) is 3.80. The van der Waals surface area contributed by atoms with E-state index in [1.807, 2.05) is 6.92 Å².